The molecule has 0 spiro atoms. The molecule has 1 aliphatic carbocycles. The Morgan fingerprint density at radius 3 is 2.29 bits per heavy atom. The van der Waals surface area contributed by atoms with Gasteiger partial charge in [0.15, 0.2) is 0 Å². The van der Waals surface area contributed by atoms with Gasteiger partial charge in [0.25, 0.3) is 0 Å². The van der Waals surface area contributed by atoms with E-state index in [0.29, 0.717) is 4.83 Å². The van der Waals surface area contributed by atoms with Crippen LogP contribution in [0.1, 0.15) is 36.1 Å². The highest BCUT2D eigenvalue weighted by atomic mass is 79.9. The van der Waals surface area contributed by atoms with Crippen molar-refractivity contribution >= 4 is 27.5 Å². The summed E-state index contributed by atoms with van der Waals surface area (Å²) in [5.74, 6) is 0.816. The number of benzene rings is 1. The molecule has 1 aromatic carbocycles. The minimum atomic E-state index is 0.516. The molecule has 2 heteroatoms. The largest absolute Gasteiger partial charge is 0.0843 e. The Morgan fingerprint density at radius 2 is 1.71 bits per heavy atom. The molecule has 0 amide bonds. The van der Waals surface area contributed by atoms with Crippen LogP contribution < -0.4 is 0 Å². The molecule has 1 atom stereocenters. The molecule has 1 fully saturated rings. The SMILES string of the molecule is Clc1ccc(C(Br)C2CCCC2)cc1. The molecule has 0 aliphatic heterocycles. The third-order valence-electron chi connectivity index (χ3n) is 3.00. The molecule has 0 heterocycles. The Morgan fingerprint density at radius 1 is 1.14 bits per heavy atom. The zero-order chi connectivity index (χ0) is 9.97. The van der Waals surface area contributed by atoms with Crippen molar-refractivity contribution in [1.29, 1.82) is 0 Å². The van der Waals surface area contributed by atoms with Crippen LogP contribution in [0.15, 0.2) is 24.3 Å². The fourth-order valence-corrected chi connectivity index (χ4v) is 3.13. The van der Waals surface area contributed by atoms with E-state index in [1.807, 2.05) is 12.1 Å². The van der Waals surface area contributed by atoms with E-state index in [4.69, 9.17) is 11.6 Å². The van der Waals surface area contributed by atoms with E-state index in [-0.39, 0.29) is 0 Å². The van der Waals surface area contributed by atoms with Crippen LogP contribution in [0.4, 0.5) is 0 Å². The second-order valence-electron chi connectivity index (χ2n) is 4.00. The molecule has 1 saturated carbocycles. The van der Waals surface area contributed by atoms with Crippen molar-refractivity contribution in [3.8, 4) is 0 Å². The van der Waals surface area contributed by atoms with Gasteiger partial charge in [-0.2, -0.15) is 0 Å². The predicted octanol–water partition coefficient (Wildman–Crippen LogP) is 4.97. The van der Waals surface area contributed by atoms with E-state index in [9.17, 15) is 0 Å². The fraction of sp³-hybridized carbons (Fsp3) is 0.500. The van der Waals surface area contributed by atoms with Crippen LogP contribution in [-0.2, 0) is 0 Å². The summed E-state index contributed by atoms with van der Waals surface area (Å²) in [4.78, 5) is 0.516. The summed E-state index contributed by atoms with van der Waals surface area (Å²) in [6, 6.07) is 8.19. The van der Waals surface area contributed by atoms with Gasteiger partial charge in [0.05, 0.1) is 0 Å². The first-order valence-corrected chi connectivity index (χ1v) is 6.46. The van der Waals surface area contributed by atoms with E-state index in [2.05, 4.69) is 28.1 Å². The maximum absolute atomic E-state index is 5.86. The molecular weight excluding hydrogens is 259 g/mol. The molecule has 0 aromatic heterocycles. The second-order valence-corrected chi connectivity index (χ2v) is 5.42. The number of alkyl halides is 1. The molecule has 76 valence electrons. The summed E-state index contributed by atoms with van der Waals surface area (Å²) in [5, 5.41) is 0.819. The smallest absolute Gasteiger partial charge is 0.0423 e. The minimum Gasteiger partial charge on any atom is -0.0843 e. The van der Waals surface area contributed by atoms with Crippen LogP contribution in [0.3, 0.4) is 0 Å². The van der Waals surface area contributed by atoms with Crippen molar-refractivity contribution in [3.63, 3.8) is 0 Å². The average Bonchev–Trinajstić information content (AvgIpc) is 2.71. The lowest BCUT2D eigenvalue weighted by Gasteiger charge is -2.17. The van der Waals surface area contributed by atoms with Crippen molar-refractivity contribution in [2.24, 2.45) is 5.92 Å². The Bertz CT molecular complexity index is 288. The quantitative estimate of drug-likeness (QED) is 0.668. The zero-order valence-electron chi connectivity index (χ0n) is 8.05. The van der Waals surface area contributed by atoms with Gasteiger partial charge in [-0.15, -0.1) is 0 Å². The Hall–Kier alpha value is -0.0100. The Balaban J connectivity index is 2.09. The van der Waals surface area contributed by atoms with E-state index in [1.54, 1.807) is 0 Å². The lowest BCUT2D eigenvalue weighted by Crippen LogP contribution is -2.02. The molecule has 0 saturated heterocycles. The van der Waals surface area contributed by atoms with E-state index in [0.717, 1.165) is 10.9 Å². The summed E-state index contributed by atoms with van der Waals surface area (Å²) in [5.41, 5.74) is 1.36. The molecule has 1 aromatic rings. The highest BCUT2D eigenvalue weighted by molar-refractivity contribution is 9.09. The van der Waals surface area contributed by atoms with Gasteiger partial charge in [0.2, 0.25) is 0 Å². The van der Waals surface area contributed by atoms with Crippen molar-refractivity contribution in [2.75, 3.05) is 0 Å². The van der Waals surface area contributed by atoms with Crippen LogP contribution in [0.5, 0.6) is 0 Å². The first kappa shape index (κ1) is 10.5. The number of halogens is 2. The summed E-state index contributed by atoms with van der Waals surface area (Å²) in [7, 11) is 0. The van der Waals surface area contributed by atoms with Crippen molar-refractivity contribution in [3.05, 3.63) is 34.9 Å². The van der Waals surface area contributed by atoms with E-state index in [1.165, 1.54) is 31.2 Å². The molecule has 14 heavy (non-hydrogen) atoms. The molecule has 0 N–H and O–H groups in total. The number of hydrogen-bond donors (Lipinski definition) is 0. The standard InChI is InChI=1S/C12H14BrCl/c13-12(9-3-1-2-4-9)10-5-7-11(14)8-6-10/h5-9,12H,1-4H2. The Kier molecular flexibility index (Phi) is 3.51. The van der Waals surface area contributed by atoms with Gasteiger partial charge in [-0.05, 0) is 36.5 Å². The average molecular weight is 274 g/mol. The van der Waals surface area contributed by atoms with Gasteiger partial charge in [-0.3, -0.25) is 0 Å². The Labute approximate surface area is 98.8 Å². The molecule has 2 rings (SSSR count). The normalized spacial score (nSPS) is 19.9. The van der Waals surface area contributed by atoms with Gasteiger partial charge in [0, 0.05) is 9.85 Å². The molecule has 0 bridgehead atoms. The minimum absolute atomic E-state index is 0.516. The maximum atomic E-state index is 5.86. The van der Waals surface area contributed by atoms with E-state index < -0.39 is 0 Å². The predicted molar refractivity (Wildman–Crippen MR) is 65.1 cm³/mol. The molecule has 0 nitrogen and oxygen atoms in total. The highest BCUT2D eigenvalue weighted by Gasteiger charge is 2.23. The molecule has 1 unspecified atom stereocenters. The van der Waals surface area contributed by atoms with Crippen molar-refractivity contribution < 1.29 is 0 Å². The maximum Gasteiger partial charge on any atom is 0.0423 e. The summed E-state index contributed by atoms with van der Waals surface area (Å²) < 4.78 is 0. The van der Waals surface area contributed by atoms with Gasteiger partial charge in [-0.1, -0.05) is 52.5 Å². The van der Waals surface area contributed by atoms with Crippen LogP contribution in [-0.4, -0.2) is 0 Å². The summed E-state index contributed by atoms with van der Waals surface area (Å²) >= 11 is 9.65. The van der Waals surface area contributed by atoms with E-state index >= 15 is 0 Å². The third kappa shape index (κ3) is 2.32. The van der Waals surface area contributed by atoms with Crippen molar-refractivity contribution in [2.45, 2.75) is 30.5 Å². The van der Waals surface area contributed by atoms with Gasteiger partial charge in [-0.25, -0.2) is 0 Å². The molecule has 0 radical (unpaired) electrons. The first-order chi connectivity index (χ1) is 6.77. The number of rotatable bonds is 2. The number of hydrogen-bond acceptors (Lipinski definition) is 0. The lowest BCUT2D eigenvalue weighted by molar-refractivity contribution is 0.542. The topological polar surface area (TPSA) is 0 Å². The zero-order valence-corrected chi connectivity index (χ0v) is 10.4. The van der Waals surface area contributed by atoms with Gasteiger partial charge in [0.1, 0.15) is 0 Å². The van der Waals surface area contributed by atoms with Gasteiger partial charge >= 0.3 is 0 Å². The fourth-order valence-electron chi connectivity index (χ4n) is 2.17. The summed E-state index contributed by atoms with van der Waals surface area (Å²) in [6.07, 6.45) is 5.50. The highest BCUT2D eigenvalue weighted by Crippen LogP contribution is 2.41. The molecular formula is C12H14BrCl. The van der Waals surface area contributed by atoms with Crippen molar-refractivity contribution in [1.82, 2.24) is 0 Å². The van der Waals surface area contributed by atoms with Crippen LogP contribution >= 0.6 is 27.5 Å². The summed E-state index contributed by atoms with van der Waals surface area (Å²) in [6.45, 7) is 0. The first-order valence-electron chi connectivity index (χ1n) is 5.17. The van der Waals surface area contributed by atoms with Crippen LogP contribution in [0, 0.1) is 5.92 Å². The lowest BCUT2D eigenvalue weighted by atomic mass is 9.98. The van der Waals surface area contributed by atoms with Crippen LogP contribution in [0.25, 0.3) is 0 Å². The molecule has 1 aliphatic rings. The third-order valence-corrected chi connectivity index (χ3v) is 4.53. The second kappa shape index (κ2) is 4.67. The monoisotopic (exact) mass is 272 g/mol. The van der Waals surface area contributed by atoms with Gasteiger partial charge < -0.3 is 0 Å². The van der Waals surface area contributed by atoms with Crippen LogP contribution in [0.2, 0.25) is 5.02 Å².